The molecule has 0 aliphatic carbocycles. The van der Waals surface area contributed by atoms with Crippen LogP contribution in [0.1, 0.15) is 16.7 Å². The Morgan fingerprint density at radius 2 is 1.86 bits per heavy atom. The fraction of sp³-hybridized carbons (Fsp3) is 0.217. The highest BCUT2D eigenvalue weighted by Crippen LogP contribution is 2.30. The average molecular weight is 392 g/mol. The lowest BCUT2D eigenvalue weighted by Gasteiger charge is -2.13. The molecule has 0 saturated carbocycles. The zero-order valence-corrected chi connectivity index (χ0v) is 16.3. The summed E-state index contributed by atoms with van der Waals surface area (Å²) in [6.45, 7) is 3.18. The quantitative estimate of drug-likeness (QED) is 0.323. The van der Waals surface area contributed by atoms with Crippen LogP contribution in [0.5, 0.6) is 5.75 Å². The molecule has 0 atom stereocenters. The van der Waals surface area contributed by atoms with Crippen LogP contribution in [0, 0.1) is 17.0 Å². The summed E-state index contributed by atoms with van der Waals surface area (Å²) < 4.78 is 5.83. The van der Waals surface area contributed by atoms with Crippen LogP contribution in [-0.4, -0.2) is 23.2 Å². The van der Waals surface area contributed by atoms with Crippen LogP contribution in [0.15, 0.2) is 66.7 Å². The van der Waals surface area contributed by atoms with Crippen molar-refractivity contribution in [3.63, 3.8) is 0 Å². The second-order valence-corrected chi connectivity index (χ2v) is 6.70. The third-order valence-corrected chi connectivity index (χ3v) is 4.75. The van der Waals surface area contributed by atoms with E-state index in [1.54, 1.807) is 12.1 Å². The first-order valence-electron chi connectivity index (χ1n) is 9.45. The molecule has 0 aliphatic rings. The molecule has 0 bridgehead atoms. The summed E-state index contributed by atoms with van der Waals surface area (Å²) in [5.74, 6) is 0.241. The number of nitrogens with one attached hydrogen (secondary N) is 1. The van der Waals surface area contributed by atoms with E-state index in [4.69, 9.17) is 9.84 Å². The fourth-order valence-electron chi connectivity index (χ4n) is 3.18. The third kappa shape index (κ3) is 5.19. The molecule has 0 unspecified atom stereocenters. The van der Waals surface area contributed by atoms with Gasteiger partial charge in [-0.25, -0.2) is 0 Å². The Hall–Kier alpha value is -3.22. The molecule has 0 heterocycles. The first kappa shape index (κ1) is 20.5. The molecule has 150 valence electrons. The van der Waals surface area contributed by atoms with Gasteiger partial charge in [0.25, 0.3) is 0 Å². The molecule has 0 aliphatic heterocycles. The minimum absolute atomic E-state index is 0.0185. The Labute approximate surface area is 169 Å². The highest BCUT2D eigenvalue weighted by atomic mass is 16.6. The van der Waals surface area contributed by atoms with Crippen molar-refractivity contribution < 1.29 is 14.8 Å². The summed E-state index contributed by atoms with van der Waals surface area (Å²) in [7, 11) is 0. The van der Waals surface area contributed by atoms with Crippen LogP contribution in [0.3, 0.4) is 0 Å². The predicted octanol–water partition coefficient (Wildman–Crippen LogP) is 4.23. The van der Waals surface area contributed by atoms with Crippen molar-refractivity contribution in [2.45, 2.75) is 20.1 Å². The van der Waals surface area contributed by atoms with Crippen LogP contribution in [-0.2, 0) is 13.2 Å². The van der Waals surface area contributed by atoms with Crippen LogP contribution >= 0.6 is 0 Å². The zero-order chi connectivity index (χ0) is 20.6. The Balaban J connectivity index is 1.78. The van der Waals surface area contributed by atoms with Gasteiger partial charge in [0.15, 0.2) is 5.75 Å². The summed E-state index contributed by atoms with van der Waals surface area (Å²) in [4.78, 5) is 11.1. The summed E-state index contributed by atoms with van der Waals surface area (Å²) in [5.41, 5.74) is 5.01. The molecule has 0 amide bonds. The fourth-order valence-corrected chi connectivity index (χ4v) is 3.18. The molecule has 0 fully saturated rings. The average Bonchev–Trinajstić information content (AvgIpc) is 2.74. The molecule has 6 heteroatoms. The normalized spacial score (nSPS) is 10.7. The number of aliphatic hydroxyl groups is 1. The van der Waals surface area contributed by atoms with E-state index in [0.717, 1.165) is 27.8 Å². The number of benzene rings is 3. The second kappa shape index (κ2) is 9.82. The maximum Gasteiger partial charge on any atom is 0.311 e. The van der Waals surface area contributed by atoms with Crippen molar-refractivity contribution >= 4 is 5.69 Å². The van der Waals surface area contributed by atoms with E-state index in [-0.39, 0.29) is 24.7 Å². The van der Waals surface area contributed by atoms with Crippen LogP contribution in [0.4, 0.5) is 5.69 Å². The molecular formula is C23H24N2O4. The van der Waals surface area contributed by atoms with Gasteiger partial charge in [-0.3, -0.25) is 10.1 Å². The SMILES string of the molecule is Cc1c(COc2ccc(CNCCO)cc2[N+](=O)[O-])cccc1-c1ccccc1. The summed E-state index contributed by atoms with van der Waals surface area (Å²) in [6.07, 6.45) is 0. The van der Waals surface area contributed by atoms with E-state index in [1.165, 1.54) is 6.07 Å². The minimum Gasteiger partial charge on any atom is -0.482 e. The van der Waals surface area contributed by atoms with Gasteiger partial charge < -0.3 is 15.2 Å². The van der Waals surface area contributed by atoms with Gasteiger partial charge in [-0.05, 0) is 40.8 Å². The number of hydrogen-bond donors (Lipinski definition) is 2. The topological polar surface area (TPSA) is 84.6 Å². The maximum atomic E-state index is 11.5. The van der Waals surface area contributed by atoms with Gasteiger partial charge in [-0.1, -0.05) is 54.6 Å². The molecule has 0 radical (unpaired) electrons. The van der Waals surface area contributed by atoms with E-state index < -0.39 is 4.92 Å². The van der Waals surface area contributed by atoms with E-state index >= 15 is 0 Å². The highest BCUT2D eigenvalue weighted by molar-refractivity contribution is 5.68. The number of aliphatic hydroxyl groups excluding tert-OH is 1. The number of hydrogen-bond acceptors (Lipinski definition) is 5. The lowest BCUT2D eigenvalue weighted by Crippen LogP contribution is -2.17. The number of rotatable bonds is 9. The molecule has 2 N–H and O–H groups in total. The summed E-state index contributed by atoms with van der Waals surface area (Å²) in [5, 5.41) is 23.3. The van der Waals surface area contributed by atoms with Gasteiger partial charge >= 0.3 is 5.69 Å². The zero-order valence-electron chi connectivity index (χ0n) is 16.3. The van der Waals surface area contributed by atoms with Gasteiger partial charge in [0.2, 0.25) is 0 Å². The molecule has 29 heavy (non-hydrogen) atoms. The molecule has 3 rings (SSSR count). The summed E-state index contributed by atoms with van der Waals surface area (Å²) >= 11 is 0. The smallest absolute Gasteiger partial charge is 0.311 e. The van der Waals surface area contributed by atoms with Crippen LogP contribution in [0.2, 0.25) is 0 Å². The van der Waals surface area contributed by atoms with Gasteiger partial charge in [0.05, 0.1) is 11.5 Å². The molecule has 0 spiro atoms. The number of nitro groups is 1. The first-order chi connectivity index (χ1) is 14.1. The molecular weight excluding hydrogens is 368 g/mol. The molecule has 0 aromatic heterocycles. The van der Waals surface area contributed by atoms with Crippen molar-refractivity contribution in [2.75, 3.05) is 13.2 Å². The number of nitro benzene ring substituents is 1. The Bertz CT molecular complexity index is 974. The van der Waals surface area contributed by atoms with Gasteiger partial charge in [0.1, 0.15) is 6.61 Å². The van der Waals surface area contributed by atoms with Gasteiger partial charge in [-0.2, -0.15) is 0 Å². The largest absolute Gasteiger partial charge is 0.482 e. The van der Waals surface area contributed by atoms with Crippen molar-refractivity contribution in [2.24, 2.45) is 0 Å². The molecule has 3 aromatic carbocycles. The van der Waals surface area contributed by atoms with E-state index in [2.05, 4.69) is 23.5 Å². The summed E-state index contributed by atoms with van der Waals surface area (Å²) in [6, 6.07) is 21.0. The van der Waals surface area contributed by atoms with Gasteiger partial charge in [0, 0.05) is 19.2 Å². The van der Waals surface area contributed by atoms with Crippen molar-refractivity contribution in [3.05, 3.63) is 93.5 Å². The van der Waals surface area contributed by atoms with E-state index in [1.807, 2.05) is 37.3 Å². The first-order valence-corrected chi connectivity index (χ1v) is 9.45. The Kier molecular flexibility index (Phi) is 6.94. The maximum absolute atomic E-state index is 11.5. The van der Waals surface area contributed by atoms with Crippen molar-refractivity contribution in [3.8, 4) is 16.9 Å². The third-order valence-electron chi connectivity index (χ3n) is 4.75. The second-order valence-electron chi connectivity index (χ2n) is 6.70. The predicted molar refractivity (Wildman–Crippen MR) is 113 cm³/mol. The van der Waals surface area contributed by atoms with Crippen LogP contribution < -0.4 is 10.1 Å². The standard InChI is InChI=1S/C23H24N2O4/c1-17-20(8-5-9-21(17)19-6-3-2-4-7-19)16-29-23-11-10-18(15-24-12-13-26)14-22(23)25(27)28/h2-11,14,24,26H,12-13,15-16H2,1H3. The molecule has 0 saturated heterocycles. The lowest BCUT2D eigenvalue weighted by atomic mass is 9.97. The van der Waals surface area contributed by atoms with Crippen LogP contribution in [0.25, 0.3) is 11.1 Å². The number of ether oxygens (including phenoxy) is 1. The van der Waals surface area contributed by atoms with Gasteiger partial charge in [-0.15, -0.1) is 0 Å². The van der Waals surface area contributed by atoms with Crippen molar-refractivity contribution in [1.29, 1.82) is 0 Å². The number of nitrogens with zero attached hydrogens (tertiary/aromatic N) is 1. The van der Waals surface area contributed by atoms with E-state index in [9.17, 15) is 10.1 Å². The Morgan fingerprint density at radius 3 is 2.59 bits per heavy atom. The van der Waals surface area contributed by atoms with E-state index in [0.29, 0.717) is 13.1 Å². The lowest BCUT2D eigenvalue weighted by molar-refractivity contribution is -0.386. The molecule has 3 aromatic rings. The van der Waals surface area contributed by atoms with Crippen molar-refractivity contribution in [1.82, 2.24) is 5.32 Å². The Morgan fingerprint density at radius 1 is 1.07 bits per heavy atom. The molecule has 6 nitrogen and oxygen atoms in total. The highest BCUT2D eigenvalue weighted by Gasteiger charge is 2.17. The minimum atomic E-state index is -0.432. The monoisotopic (exact) mass is 392 g/mol.